The Bertz CT molecular complexity index is 388. The number of hydrogen-bond acceptors (Lipinski definition) is 3. The highest BCUT2D eigenvalue weighted by molar-refractivity contribution is 7.10. The molecule has 5 heteroatoms. The van der Waals surface area contributed by atoms with Gasteiger partial charge < -0.3 is 15.7 Å². The lowest BCUT2D eigenvalue weighted by Crippen LogP contribution is -2.50. The minimum absolute atomic E-state index is 0.0565. The summed E-state index contributed by atoms with van der Waals surface area (Å²) in [6, 6.07) is 3.87. The van der Waals surface area contributed by atoms with E-state index >= 15 is 0 Å². The standard InChI is InChI=1S/C13H20N2O2S/c1-2-10(11-5-3-8-18-11)15-12(16)14-9-13(17)6-4-7-13/h3,5,8,10,17H,2,4,6-7,9H2,1H3,(H2,14,15,16). The second-order valence-corrected chi connectivity index (χ2v) is 5.86. The average molecular weight is 268 g/mol. The van der Waals surface area contributed by atoms with Gasteiger partial charge in [0, 0.05) is 11.4 Å². The van der Waals surface area contributed by atoms with Gasteiger partial charge in [0.05, 0.1) is 11.6 Å². The molecule has 1 aromatic heterocycles. The zero-order valence-corrected chi connectivity index (χ0v) is 11.4. The number of amides is 2. The van der Waals surface area contributed by atoms with Crippen LogP contribution in [-0.4, -0.2) is 23.3 Å². The predicted molar refractivity (Wildman–Crippen MR) is 72.7 cm³/mol. The lowest BCUT2D eigenvalue weighted by atomic mass is 9.80. The highest BCUT2D eigenvalue weighted by Gasteiger charge is 2.34. The van der Waals surface area contributed by atoms with E-state index in [-0.39, 0.29) is 12.1 Å². The van der Waals surface area contributed by atoms with Crippen molar-refractivity contribution in [2.24, 2.45) is 0 Å². The van der Waals surface area contributed by atoms with Gasteiger partial charge in [-0.3, -0.25) is 0 Å². The van der Waals surface area contributed by atoms with Crippen molar-refractivity contribution in [2.75, 3.05) is 6.54 Å². The molecule has 1 atom stereocenters. The maximum Gasteiger partial charge on any atom is 0.315 e. The quantitative estimate of drug-likeness (QED) is 0.768. The van der Waals surface area contributed by atoms with Gasteiger partial charge >= 0.3 is 6.03 Å². The molecule has 1 heterocycles. The van der Waals surface area contributed by atoms with Gasteiger partial charge in [0.25, 0.3) is 0 Å². The fourth-order valence-electron chi connectivity index (χ4n) is 2.08. The molecule has 2 amide bonds. The Balaban J connectivity index is 1.79. The highest BCUT2D eigenvalue weighted by atomic mass is 32.1. The molecule has 1 fully saturated rings. The summed E-state index contributed by atoms with van der Waals surface area (Å²) in [5.41, 5.74) is -0.665. The topological polar surface area (TPSA) is 61.4 Å². The first-order valence-corrected chi connectivity index (χ1v) is 7.31. The first-order chi connectivity index (χ1) is 8.63. The summed E-state index contributed by atoms with van der Waals surface area (Å²) in [6.45, 7) is 2.39. The van der Waals surface area contributed by atoms with Crippen molar-refractivity contribution in [1.29, 1.82) is 0 Å². The van der Waals surface area contributed by atoms with Crippen molar-refractivity contribution in [2.45, 2.75) is 44.2 Å². The van der Waals surface area contributed by atoms with Crippen LogP contribution >= 0.6 is 11.3 Å². The number of aliphatic hydroxyl groups is 1. The van der Waals surface area contributed by atoms with E-state index < -0.39 is 5.60 Å². The molecule has 100 valence electrons. The molecular formula is C13H20N2O2S. The maximum atomic E-state index is 11.8. The van der Waals surface area contributed by atoms with Gasteiger partial charge in [-0.15, -0.1) is 11.3 Å². The van der Waals surface area contributed by atoms with E-state index in [0.717, 1.165) is 30.6 Å². The van der Waals surface area contributed by atoms with E-state index in [9.17, 15) is 9.90 Å². The summed E-state index contributed by atoms with van der Waals surface area (Å²) in [4.78, 5) is 12.9. The molecule has 2 rings (SSSR count). The normalized spacial score (nSPS) is 18.8. The van der Waals surface area contributed by atoms with Gasteiger partial charge in [-0.1, -0.05) is 13.0 Å². The minimum atomic E-state index is -0.665. The van der Waals surface area contributed by atoms with Crippen molar-refractivity contribution in [1.82, 2.24) is 10.6 Å². The fourth-order valence-corrected chi connectivity index (χ4v) is 2.94. The van der Waals surface area contributed by atoms with Gasteiger partial charge in [0.15, 0.2) is 0 Å². The molecule has 1 saturated carbocycles. The Hall–Kier alpha value is -1.07. The molecule has 1 aliphatic carbocycles. The van der Waals surface area contributed by atoms with Gasteiger partial charge in [0.1, 0.15) is 0 Å². The van der Waals surface area contributed by atoms with Crippen molar-refractivity contribution in [3.05, 3.63) is 22.4 Å². The molecule has 0 radical (unpaired) electrons. The molecular weight excluding hydrogens is 248 g/mol. The molecule has 0 spiro atoms. The van der Waals surface area contributed by atoms with E-state index in [2.05, 4.69) is 10.6 Å². The van der Waals surface area contributed by atoms with Crippen LogP contribution in [0.15, 0.2) is 17.5 Å². The summed E-state index contributed by atoms with van der Waals surface area (Å²) in [5, 5.41) is 17.6. The van der Waals surface area contributed by atoms with Gasteiger partial charge in [-0.25, -0.2) is 4.79 Å². The zero-order chi connectivity index (χ0) is 13.0. The average Bonchev–Trinajstić information content (AvgIpc) is 2.84. The molecule has 0 bridgehead atoms. The SMILES string of the molecule is CCC(NC(=O)NCC1(O)CCC1)c1cccs1. The summed E-state index contributed by atoms with van der Waals surface area (Å²) in [6.07, 6.45) is 3.48. The van der Waals surface area contributed by atoms with Crippen molar-refractivity contribution in [3.8, 4) is 0 Å². The monoisotopic (exact) mass is 268 g/mol. The first kappa shape index (κ1) is 13.4. The molecule has 18 heavy (non-hydrogen) atoms. The Morgan fingerprint density at radius 3 is 2.89 bits per heavy atom. The molecule has 0 aromatic carbocycles. The van der Waals surface area contributed by atoms with Gasteiger partial charge in [-0.05, 0) is 37.1 Å². The Kier molecular flexibility index (Phi) is 4.24. The summed E-state index contributed by atoms with van der Waals surface area (Å²) in [7, 11) is 0. The Morgan fingerprint density at radius 2 is 2.39 bits per heavy atom. The second kappa shape index (κ2) is 5.71. The van der Waals surface area contributed by atoms with Crippen molar-refractivity contribution >= 4 is 17.4 Å². The number of carbonyl (C=O) groups is 1. The third kappa shape index (κ3) is 3.23. The van der Waals surface area contributed by atoms with Crippen LogP contribution in [0.25, 0.3) is 0 Å². The molecule has 3 N–H and O–H groups in total. The summed E-state index contributed by atoms with van der Waals surface area (Å²) >= 11 is 1.65. The fraction of sp³-hybridized carbons (Fsp3) is 0.615. The van der Waals surface area contributed by atoms with Gasteiger partial charge in [-0.2, -0.15) is 0 Å². The second-order valence-electron chi connectivity index (χ2n) is 4.88. The smallest absolute Gasteiger partial charge is 0.315 e. The van der Waals surface area contributed by atoms with Crippen LogP contribution in [-0.2, 0) is 0 Å². The third-order valence-electron chi connectivity index (χ3n) is 3.46. The third-order valence-corrected chi connectivity index (χ3v) is 4.45. The summed E-state index contributed by atoms with van der Waals surface area (Å²) in [5.74, 6) is 0. The number of hydrogen-bond donors (Lipinski definition) is 3. The van der Waals surface area contributed by atoms with Crippen LogP contribution in [0.5, 0.6) is 0 Å². The summed E-state index contributed by atoms with van der Waals surface area (Å²) < 4.78 is 0. The van der Waals surface area contributed by atoms with E-state index in [4.69, 9.17) is 0 Å². The van der Waals surface area contributed by atoms with Crippen LogP contribution in [0, 0.1) is 0 Å². The molecule has 1 unspecified atom stereocenters. The van der Waals surface area contributed by atoms with Crippen LogP contribution in [0.2, 0.25) is 0 Å². The van der Waals surface area contributed by atoms with Crippen LogP contribution in [0.4, 0.5) is 4.79 Å². The Labute approximate surface area is 111 Å². The molecule has 1 aliphatic rings. The van der Waals surface area contributed by atoms with Crippen molar-refractivity contribution in [3.63, 3.8) is 0 Å². The van der Waals surface area contributed by atoms with E-state index in [0.29, 0.717) is 6.54 Å². The van der Waals surface area contributed by atoms with Gasteiger partial charge in [0.2, 0.25) is 0 Å². The van der Waals surface area contributed by atoms with E-state index in [1.54, 1.807) is 11.3 Å². The minimum Gasteiger partial charge on any atom is -0.388 e. The van der Waals surface area contributed by atoms with E-state index in [1.165, 1.54) is 0 Å². The zero-order valence-electron chi connectivity index (χ0n) is 10.6. The first-order valence-electron chi connectivity index (χ1n) is 6.43. The Morgan fingerprint density at radius 1 is 1.61 bits per heavy atom. The van der Waals surface area contributed by atoms with E-state index in [1.807, 2.05) is 24.4 Å². The highest BCUT2D eigenvalue weighted by Crippen LogP contribution is 2.30. The lowest BCUT2D eigenvalue weighted by Gasteiger charge is -2.36. The largest absolute Gasteiger partial charge is 0.388 e. The number of nitrogens with one attached hydrogen (secondary N) is 2. The van der Waals surface area contributed by atoms with Crippen LogP contribution in [0.1, 0.15) is 43.5 Å². The lowest BCUT2D eigenvalue weighted by molar-refractivity contribution is -0.0290. The number of carbonyl (C=O) groups excluding carboxylic acids is 1. The van der Waals surface area contributed by atoms with Crippen LogP contribution in [0.3, 0.4) is 0 Å². The molecule has 4 nitrogen and oxygen atoms in total. The maximum absolute atomic E-state index is 11.8. The molecule has 0 aliphatic heterocycles. The predicted octanol–water partition coefficient (Wildman–Crippen LogP) is 2.41. The number of rotatable bonds is 5. The molecule has 0 saturated heterocycles. The van der Waals surface area contributed by atoms with Crippen LogP contribution < -0.4 is 10.6 Å². The van der Waals surface area contributed by atoms with Crippen molar-refractivity contribution < 1.29 is 9.90 Å². The number of thiophene rings is 1. The number of urea groups is 1. The molecule has 1 aromatic rings.